The number of hydrogen-bond donors (Lipinski definition) is 0. The number of benzene rings is 3. The molecule has 0 heterocycles. The van der Waals surface area contributed by atoms with Gasteiger partial charge in [0, 0.05) is 5.56 Å². The van der Waals surface area contributed by atoms with Gasteiger partial charge in [-0.15, -0.1) is 0 Å². The minimum absolute atomic E-state index is 0.00696. The molecule has 3 aromatic rings. The molecule has 28 heavy (non-hydrogen) atoms. The predicted molar refractivity (Wildman–Crippen MR) is 121 cm³/mol. The topological polar surface area (TPSA) is 9.23 Å². The SMILES string of the molecule is Cc1cc(Oc2ccc(-c3ccccc3)cc2)c(C(C)(C)C)cc1C(C)(C)C. The van der Waals surface area contributed by atoms with Crippen molar-refractivity contribution in [3.05, 3.63) is 83.4 Å². The lowest BCUT2D eigenvalue weighted by atomic mass is 9.78. The Morgan fingerprint density at radius 1 is 0.607 bits per heavy atom. The summed E-state index contributed by atoms with van der Waals surface area (Å²) in [7, 11) is 0. The quantitative estimate of drug-likeness (QED) is 0.452. The molecule has 0 spiro atoms. The molecule has 0 unspecified atom stereocenters. The second-order valence-corrected chi connectivity index (χ2v) is 9.66. The third kappa shape index (κ3) is 4.47. The summed E-state index contributed by atoms with van der Waals surface area (Å²) < 4.78 is 6.38. The van der Waals surface area contributed by atoms with Crippen LogP contribution in [-0.2, 0) is 10.8 Å². The van der Waals surface area contributed by atoms with E-state index in [1.807, 2.05) is 6.07 Å². The smallest absolute Gasteiger partial charge is 0.131 e. The monoisotopic (exact) mass is 372 g/mol. The van der Waals surface area contributed by atoms with E-state index in [0.717, 1.165) is 11.5 Å². The van der Waals surface area contributed by atoms with E-state index in [4.69, 9.17) is 4.74 Å². The molecule has 0 bridgehead atoms. The molecule has 146 valence electrons. The van der Waals surface area contributed by atoms with Crippen LogP contribution in [0.25, 0.3) is 11.1 Å². The normalized spacial score (nSPS) is 12.1. The zero-order valence-electron chi connectivity index (χ0n) is 18.3. The Bertz CT molecular complexity index is 937. The van der Waals surface area contributed by atoms with E-state index in [1.54, 1.807) is 0 Å². The first-order valence-electron chi connectivity index (χ1n) is 10.0. The number of hydrogen-bond acceptors (Lipinski definition) is 1. The first-order chi connectivity index (χ1) is 13.1. The van der Waals surface area contributed by atoms with Crippen LogP contribution in [0, 0.1) is 6.92 Å². The van der Waals surface area contributed by atoms with E-state index in [0.29, 0.717) is 0 Å². The van der Waals surface area contributed by atoms with Crippen molar-refractivity contribution in [2.24, 2.45) is 0 Å². The summed E-state index contributed by atoms with van der Waals surface area (Å²) in [6.07, 6.45) is 0. The molecule has 0 aromatic heterocycles. The summed E-state index contributed by atoms with van der Waals surface area (Å²) >= 11 is 0. The molecule has 0 aliphatic rings. The summed E-state index contributed by atoms with van der Waals surface area (Å²) in [4.78, 5) is 0. The van der Waals surface area contributed by atoms with Crippen molar-refractivity contribution in [2.45, 2.75) is 59.3 Å². The fraction of sp³-hybridized carbons (Fsp3) is 0.333. The molecule has 0 N–H and O–H groups in total. The van der Waals surface area contributed by atoms with Crippen LogP contribution in [0.5, 0.6) is 11.5 Å². The molecular weight excluding hydrogens is 340 g/mol. The van der Waals surface area contributed by atoms with E-state index in [-0.39, 0.29) is 10.8 Å². The largest absolute Gasteiger partial charge is 0.457 e. The molecule has 0 aliphatic heterocycles. The Balaban J connectivity index is 1.96. The van der Waals surface area contributed by atoms with Gasteiger partial charge in [0.2, 0.25) is 0 Å². The maximum Gasteiger partial charge on any atom is 0.131 e. The fourth-order valence-corrected chi connectivity index (χ4v) is 3.63. The molecule has 0 aliphatic carbocycles. The summed E-state index contributed by atoms with van der Waals surface area (Å²) in [6, 6.07) is 23.3. The standard InChI is InChI=1S/C27H32O/c1-19-17-25(24(27(5,6)7)18-23(19)26(2,3)4)28-22-15-13-21(14-16-22)20-11-9-8-10-12-20/h8-18H,1-7H3. The molecule has 0 amide bonds. The lowest BCUT2D eigenvalue weighted by molar-refractivity contribution is 0.452. The highest BCUT2D eigenvalue weighted by atomic mass is 16.5. The molecule has 1 heteroatoms. The Labute approximate surface area is 170 Å². The van der Waals surface area contributed by atoms with Gasteiger partial charge in [0.05, 0.1) is 0 Å². The maximum absolute atomic E-state index is 6.38. The van der Waals surface area contributed by atoms with Crippen LogP contribution < -0.4 is 4.74 Å². The van der Waals surface area contributed by atoms with Gasteiger partial charge in [0.15, 0.2) is 0 Å². The second-order valence-electron chi connectivity index (χ2n) is 9.66. The highest BCUT2D eigenvalue weighted by Crippen LogP contribution is 2.39. The van der Waals surface area contributed by atoms with E-state index < -0.39 is 0 Å². The van der Waals surface area contributed by atoms with Crippen LogP contribution in [-0.4, -0.2) is 0 Å². The van der Waals surface area contributed by atoms with Crippen LogP contribution in [0.4, 0.5) is 0 Å². The van der Waals surface area contributed by atoms with Crippen LogP contribution in [0.1, 0.15) is 58.2 Å². The molecule has 0 fully saturated rings. The van der Waals surface area contributed by atoms with E-state index >= 15 is 0 Å². The number of ether oxygens (including phenoxy) is 1. The van der Waals surface area contributed by atoms with Crippen molar-refractivity contribution in [3.63, 3.8) is 0 Å². The van der Waals surface area contributed by atoms with Gasteiger partial charge in [-0.1, -0.05) is 90.1 Å². The molecular formula is C27H32O. The summed E-state index contributed by atoms with van der Waals surface area (Å²) in [6.45, 7) is 15.7. The van der Waals surface area contributed by atoms with Gasteiger partial charge in [-0.2, -0.15) is 0 Å². The average Bonchev–Trinajstić information content (AvgIpc) is 2.61. The van der Waals surface area contributed by atoms with Gasteiger partial charge >= 0.3 is 0 Å². The van der Waals surface area contributed by atoms with Gasteiger partial charge in [0.25, 0.3) is 0 Å². The summed E-state index contributed by atoms with van der Waals surface area (Å²) in [5, 5.41) is 0. The van der Waals surface area contributed by atoms with Gasteiger partial charge in [-0.05, 0) is 58.2 Å². The molecule has 0 radical (unpaired) electrons. The number of aryl methyl sites for hydroxylation is 1. The van der Waals surface area contributed by atoms with Crippen molar-refractivity contribution in [2.75, 3.05) is 0 Å². The lowest BCUT2D eigenvalue weighted by Crippen LogP contribution is -2.18. The molecule has 3 aromatic carbocycles. The van der Waals surface area contributed by atoms with Crippen LogP contribution >= 0.6 is 0 Å². The van der Waals surface area contributed by atoms with E-state index in [1.165, 1.54) is 27.8 Å². The van der Waals surface area contributed by atoms with Crippen LogP contribution in [0.2, 0.25) is 0 Å². The third-order valence-corrected chi connectivity index (χ3v) is 5.13. The summed E-state index contributed by atoms with van der Waals surface area (Å²) in [5.74, 6) is 1.82. The van der Waals surface area contributed by atoms with Crippen LogP contribution in [0.15, 0.2) is 66.7 Å². The fourth-order valence-electron chi connectivity index (χ4n) is 3.63. The average molecular weight is 373 g/mol. The van der Waals surface area contributed by atoms with E-state index in [9.17, 15) is 0 Å². The zero-order chi connectivity index (χ0) is 20.5. The molecule has 3 rings (SSSR count). The van der Waals surface area contributed by atoms with Crippen molar-refractivity contribution < 1.29 is 4.74 Å². The van der Waals surface area contributed by atoms with Gasteiger partial charge in [-0.3, -0.25) is 0 Å². The van der Waals surface area contributed by atoms with Gasteiger partial charge in [-0.25, -0.2) is 0 Å². The molecule has 0 saturated carbocycles. The third-order valence-electron chi connectivity index (χ3n) is 5.13. The summed E-state index contributed by atoms with van der Waals surface area (Å²) in [5.41, 5.74) is 6.43. The minimum Gasteiger partial charge on any atom is -0.457 e. The first kappa shape index (κ1) is 20.2. The molecule has 0 saturated heterocycles. The first-order valence-corrected chi connectivity index (χ1v) is 10.0. The minimum atomic E-state index is 0.00696. The van der Waals surface area contributed by atoms with Crippen molar-refractivity contribution >= 4 is 0 Å². The van der Waals surface area contributed by atoms with Crippen LogP contribution in [0.3, 0.4) is 0 Å². The van der Waals surface area contributed by atoms with Gasteiger partial charge in [0.1, 0.15) is 11.5 Å². The van der Waals surface area contributed by atoms with Crippen molar-refractivity contribution in [1.82, 2.24) is 0 Å². The predicted octanol–water partition coefficient (Wildman–Crippen LogP) is 8.05. The van der Waals surface area contributed by atoms with Gasteiger partial charge < -0.3 is 4.74 Å². The number of rotatable bonds is 3. The molecule has 0 atom stereocenters. The van der Waals surface area contributed by atoms with Crippen molar-refractivity contribution in [1.29, 1.82) is 0 Å². The Kier molecular flexibility index (Phi) is 5.39. The molecule has 1 nitrogen and oxygen atoms in total. The Morgan fingerprint density at radius 3 is 1.68 bits per heavy atom. The van der Waals surface area contributed by atoms with E-state index in [2.05, 4.69) is 109 Å². The Morgan fingerprint density at radius 2 is 1.14 bits per heavy atom. The second kappa shape index (κ2) is 7.47. The highest BCUT2D eigenvalue weighted by molar-refractivity contribution is 5.64. The zero-order valence-corrected chi connectivity index (χ0v) is 18.3. The Hall–Kier alpha value is -2.54. The maximum atomic E-state index is 6.38. The van der Waals surface area contributed by atoms with Crippen molar-refractivity contribution in [3.8, 4) is 22.6 Å². The highest BCUT2D eigenvalue weighted by Gasteiger charge is 2.25. The lowest BCUT2D eigenvalue weighted by Gasteiger charge is -2.29.